The van der Waals surface area contributed by atoms with Gasteiger partial charge in [-0.3, -0.25) is 10.1 Å². The molecule has 0 radical (unpaired) electrons. The molecule has 78 valence electrons. The number of non-ortho nitro benzene ring substituents is 1. The molecular weight excluding hydrogens is 222 g/mol. The molecule has 0 amide bonds. The van der Waals surface area contributed by atoms with Crippen LogP contribution in [0.4, 0.5) is 5.69 Å². The van der Waals surface area contributed by atoms with Gasteiger partial charge in [-0.2, -0.15) is 5.26 Å². The SMILES string of the molecule is N#Cc1cc([N+](=O)[O-])ccc1S(N)(=O)=O. The van der Waals surface area contributed by atoms with E-state index in [1.165, 1.54) is 6.07 Å². The lowest BCUT2D eigenvalue weighted by molar-refractivity contribution is -0.384. The van der Waals surface area contributed by atoms with Gasteiger partial charge in [-0.05, 0) is 6.07 Å². The molecule has 0 aliphatic rings. The van der Waals surface area contributed by atoms with Crippen LogP contribution < -0.4 is 5.14 Å². The summed E-state index contributed by atoms with van der Waals surface area (Å²) in [7, 11) is -4.03. The number of sulfonamides is 1. The van der Waals surface area contributed by atoms with Crippen LogP contribution in [-0.2, 0) is 10.0 Å². The van der Waals surface area contributed by atoms with Crippen LogP contribution in [0.1, 0.15) is 5.56 Å². The van der Waals surface area contributed by atoms with E-state index in [1.807, 2.05) is 0 Å². The van der Waals surface area contributed by atoms with Gasteiger partial charge in [-0.25, -0.2) is 13.6 Å². The first kappa shape index (κ1) is 11.1. The minimum atomic E-state index is -4.03. The lowest BCUT2D eigenvalue weighted by Gasteiger charge is -1.99. The second-order valence-corrected chi connectivity index (χ2v) is 4.12. The summed E-state index contributed by atoms with van der Waals surface area (Å²) in [6.45, 7) is 0. The van der Waals surface area contributed by atoms with E-state index in [1.54, 1.807) is 0 Å². The van der Waals surface area contributed by atoms with Crippen molar-refractivity contribution in [2.45, 2.75) is 4.90 Å². The molecule has 0 saturated heterocycles. The van der Waals surface area contributed by atoms with Crippen LogP contribution in [0.3, 0.4) is 0 Å². The van der Waals surface area contributed by atoms with Crippen LogP contribution in [0.15, 0.2) is 23.1 Å². The Balaban J connectivity index is 3.49. The van der Waals surface area contributed by atoms with Crippen molar-refractivity contribution < 1.29 is 13.3 Å². The molecule has 1 rings (SSSR count). The first-order chi connectivity index (χ1) is 6.86. The molecule has 7 nitrogen and oxygen atoms in total. The largest absolute Gasteiger partial charge is 0.270 e. The van der Waals surface area contributed by atoms with Crippen LogP contribution in [0.2, 0.25) is 0 Å². The van der Waals surface area contributed by atoms with E-state index in [0.717, 1.165) is 18.2 Å². The lowest BCUT2D eigenvalue weighted by Crippen LogP contribution is -2.13. The summed E-state index contributed by atoms with van der Waals surface area (Å²) in [6.07, 6.45) is 0. The molecule has 0 aliphatic carbocycles. The number of rotatable bonds is 2. The Hall–Kier alpha value is -1.98. The van der Waals surface area contributed by atoms with E-state index < -0.39 is 19.8 Å². The van der Waals surface area contributed by atoms with Gasteiger partial charge >= 0.3 is 0 Å². The zero-order chi connectivity index (χ0) is 11.6. The molecule has 2 N–H and O–H groups in total. The van der Waals surface area contributed by atoms with Gasteiger partial charge in [0.1, 0.15) is 11.0 Å². The van der Waals surface area contributed by atoms with Crippen LogP contribution >= 0.6 is 0 Å². The molecule has 0 aliphatic heterocycles. The third-order valence-electron chi connectivity index (χ3n) is 1.60. The predicted molar refractivity (Wildman–Crippen MR) is 49.2 cm³/mol. The monoisotopic (exact) mass is 227 g/mol. The standard InChI is InChI=1S/C7H5N3O4S/c8-4-5-3-6(10(11)12)1-2-7(5)15(9,13)14/h1-3H,(H2,9,13,14). The number of hydrogen-bond acceptors (Lipinski definition) is 5. The molecule has 1 aromatic carbocycles. The van der Waals surface area contributed by atoms with Crippen molar-refractivity contribution in [2.24, 2.45) is 5.14 Å². The third kappa shape index (κ3) is 2.28. The molecule has 1 aromatic rings. The van der Waals surface area contributed by atoms with Gasteiger partial charge in [-0.15, -0.1) is 0 Å². The summed E-state index contributed by atoms with van der Waals surface area (Å²) in [5, 5.41) is 23.8. The highest BCUT2D eigenvalue weighted by molar-refractivity contribution is 7.89. The molecule has 8 heteroatoms. The van der Waals surface area contributed by atoms with Gasteiger partial charge in [0, 0.05) is 12.1 Å². The van der Waals surface area contributed by atoms with Crippen LogP contribution in [0.5, 0.6) is 0 Å². The van der Waals surface area contributed by atoms with E-state index in [0.29, 0.717) is 0 Å². The molecule has 0 saturated carbocycles. The summed E-state index contributed by atoms with van der Waals surface area (Å²) in [5.41, 5.74) is -0.703. The molecule has 0 fully saturated rings. The Labute approximate surface area is 84.9 Å². The van der Waals surface area contributed by atoms with Crippen molar-refractivity contribution in [1.82, 2.24) is 0 Å². The number of nitrogens with two attached hydrogens (primary N) is 1. The lowest BCUT2D eigenvalue weighted by atomic mass is 10.2. The molecule has 0 atom stereocenters. The van der Waals surface area contributed by atoms with Gasteiger partial charge in [0.25, 0.3) is 5.69 Å². The number of benzene rings is 1. The highest BCUT2D eigenvalue weighted by Crippen LogP contribution is 2.19. The highest BCUT2D eigenvalue weighted by Gasteiger charge is 2.17. The Kier molecular flexibility index (Phi) is 2.69. The van der Waals surface area contributed by atoms with Crippen molar-refractivity contribution in [3.05, 3.63) is 33.9 Å². The quantitative estimate of drug-likeness (QED) is 0.566. The Bertz CT molecular complexity index is 558. The Morgan fingerprint density at radius 2 is 2.07 bits per heavy atom. The predicted octanol–water partition coefficient (Wildman–Crippen LogP) is 0.114. The maximum atomic E-state index is 11.0. The van der Waals surface area contributed by atoms with Crippen molar-refractivity contribution in [2.75, 3.05) is 0 Å². The molecule has 0 spiro atoms. The van der Waals surface area contributed by atoms with E-state index >= 15 is 0 Å². The number of nitrogens with zero attached hydrogens (tertiary/aromatic N) is 2. The number of nitro groups is 1. The van der Waals surface area contributed by atoms with Gasteiger partial charge in [0.15, 0.2) is 0 Å². The zero-order valence-electron chi connectivity index (χ0n) is 7.25. The fourth-order valence-corrected chi connectivity index (χ4v) is 1.64. The van der Waals surface area contributed by atoms with Crippen LogP contribution in [0, 0.1) is 21.4 Å². The van der Waals surface area contributed by atoms with Crippen LogP contribution in [-0.4, -0.2) is 13.3 Å². The molecule has 15 heavy (non-hydrogen) atoms. The van der Waals surface area contributed by atoms with Crippen molar-refractivity contribution >= 4 is 15.7 Å². The molecule has 0 aromatic heterocycles. The maximum Gasteiger partial charge on any atom is 0.270 e. The molecule has 0 unspecified atom stereocenters. The Morgan fingerprint density at radius 3 is 2.47 bits per heavy atom. The summed E-state index contributed by atoms with van der Waals surface area (Å²) >= 11 is 0. The highest BCUT2D eigenvalue weighted by atomic mass is 32.2. The summed E-state index contributed by atoms with van der Waals surface area (Å²) < 4.78 is 21.9. The minimum absolute atomic E-state index is 0.341. The number of primary sulfonamides is 1. The maximum absolute atomic E-state index is 11.0. The fraction of sp³-hybridized carbons (Fsp3) is 0. The topological polar surface area (TPSA) is 127 Å². The van der Waals surface area contributed by atoms with E-state index in [-0.39, 0.29) is 11.3 Å². The smallest absolute Gasteiger partial charge is 0.258 e. The number of nitro benzene ring substituents is 1. The van der Waals surface area contributed by atoms with Crippen molar-refractivity contribution in [3.63, 3.8) is 0 Å². The average molecular weight is 227 g/mol. The average Bonchev–Trinajstić information content (AvgIpc) is 2.15. The summed E-state index contributed by atoms with van der Waals surface area (Å²) in [5.74, 6) is 0. The number of hydrogen-bond donors (Lipinski definition) is 1. The van der Waals surface area contributed by atoms with Gasteiger partial charge in [0.2, 0.25) is 10.0 Å². The zero-order valence-corrected chi connectivity index (χ0v) is 8.06. The summed E-state index contributed by atoms with van der Waals surface area (Å²) in [6, 6.07) is 4.30. The van der Waals surface area contributed by atoms with Crippen LogP contribution in [0.25, 0.3) is 0 Å². The normalized spacial score (nSPS) is 10.7. The third-order valence-corrected chi connectivity index (χ3v) is 2.57. The minimum Gasteiger partial charge on any atom is -0.258 e. The number of nitriles is 1. The van der Waals surface area contributed by atoms with E-state index in [2.05, 4.69) is 0 Å². The molecule has 0 bridgehead atoms. The van der Waals surface area contributed by atoms with E-state index in [9.17, 15) is 18.5 Å². The van der Waals surface area contributed by atoms with Gasteiger partial charge in [0.05, 0.1) is 10.5 Å². The Morgan fingerprint density at radius 1 is 1.47 bits per heavy atom. The van der Waals surface area contributed by atoms with Gasteiger partial charge < -0.3 is 0 Å². The van der Waals surface area contributed by atoms with Gasteiger partial charge in [-0.1, -0.05) is 0 Å². The second-order valence-electron chi connectivity index (χ2n) is 2.59. The second kappa shape index (κ2) is 3.64. The molecular formula is C7H5N3O4S. The van der Waals surface area contributed by atoms with Crippen molar-refractivity contribution in [3.8, 4) is 6.07 Å². The van der Waals surface area contributed by atoms with Crippen molar-refractivity contribution in [1.29, 1.82) is 5.26 Å². The van der Waals surface area contributed by atoms with E-state index in [4.69, 9.17) is 10.4 Å². The summed E-state index contributed by atoms with van der Waals surface area (Å²) in [4.78, 5) is 9.20. The molecule has 0 heterocycles. The first-order valence-corrected chi connectivity index (χ1v) is 5.12. The fourth-order valence-electron chi connectivity index (χ4n) is 0.967. The first-order valence-electron chi connectivity index (χ1n) is 3.57.